The van der Waals surface area contributed by atoms with Gasteiger partial charge in [0.1, 0.15) is 0 Å². The second-order valence-corrected chi connectivity index (χ2v) is 5.13. The van der Waals surface area contributed by atoms with Crippen molar-refractivity contribution in [2.45, 2.75) is 13.3 Å². The Morgan fingerprint density at radius 2 is 1.79 bits per heavy atom. The van der Waals surface area contributed by atoms with E-state index in [1.807, 2.05) is 6.92 Å². The van der Waals surface area contributed by atoms with Crippen LogP contribution in [0.5, 0.6) is 0 Å². The largest absolute Gasteiger partial charge is 0.347 e. The second kappa shape index (κ2) is 8.12. The van der Waals surface area contributed by atoms with E-state index in [0.29, 0.717) is 13.1 Å². The van der Waals surface area contributed by atoms with Gasteiger partial charge in [-0.3, -0.25) is 14.5 Å². The van der Waals surface area contributed by atoms with E-state index in [0.717, 1.165) is 32.6 Å². The van der Waals surface area contributed by atoms with Crippen LogP contribution in [0.4, 0.5) is 0 Å². The van der Waals surface area contributed by atoms with Crippen molar-refractivity contribution in [3.8, 4) is 0 Å². The molecular weight excluding hydrogens is 244 g/mol. The fourth-order valence-electron chi connectivity index (χ4n) is 2.03. The van der Waals surface area contributed by atoms with Crippen molar-refractivity contribution in [3.05, 3.63) is 0 Å². The van der Waals surface area contributed by atoms with Crippen molar-refractivity contribution >= 4 is 11.8 Å². The Bertz CT molecular complexity index is 301. The summed E-state index contributed by atoms with van der Waals surface area (Å²) in [6.07, 6.45) is 0.869. The van der Waals surface area contributed by atoms with Gasteiger partial charge in [-0.05, 0) is 6.42 Å². The Labute approximate surface area is 115 Å². The number of amides is 2. The first-order chi connectivity index (χ1) is 9.04. The van der Waals surface area contributed by atoms with Gasteiger partial charge in [0, 0.05) is 46.8 Å². The molecule has 0 aromatic heterocycles. The summed E-state index contributed by atoms with van der Waals surface area (Å²) in [7, 11) is 3.43. The average Bonchev–Trinajstić information content (AvgIpc) is 2.39. The molecular formula is C13H26N4O2. The van der Waals surface area contributed by atoms with Gasteiger partial charge in [-0.15, -0.1) is 0 Å². The molecule has 19 heavy (non-hydrogen) atoms. The van der Waals surface area contributed by atoms with E-state index in [2.05, 4.69) is 10.2 Å². The molecule has 1 fully saturated rings. The Morgan fingerprint density at radius 3 is 2.32 bits per heavy atom. The summed E-state index contributed by atoms with van der Waals surface area (Å²) in [6.45, 7) is 6.92. The summed E-state index contributed by atoms with van der Waals surface area (Å²) < 4.78 is 0. The number of likely N-dealkylation sites (N-methyl/N-ethyl adjacent to an activating group) is 1. The predicted molar refractivity (Wildman–Crippen MR) is 74.9 cm³/mol. The van der Waals surface area contributed by atoms with Crippen molar-refractivity contribution in [3.63, 3.8) is 0 Å². The summed E-state index contributed by atoms with van der Waals surface area (Å²) in [5.74, 6) is 0.0288. The number of carbonyl (C=O) groups is 2. The minimum Gasteiger partial charge on any atom is -0.347 e. The van der Waals surface area contributed by atoms with Crippen LogP contribution in [0.2, 0.25) is 0 Å². The molecule has 0 saturated carbocycles. The Hall–Kier alpha value is -1.14. The molecule has 6 heteroatoms. The summed E-state index contributed by atoms with van der Waals surface area (Å²) in [6, 6.07) is 0. The summed E-state index contributed by atoms with van der Waals surface area (Å²) in [5.41, 5.74) is 0. The molecule has 0 spiro atoms. The highest BCUT2D eigenvalue weighted by molar-refractivity contribution is 5.85. The molecule has 0 radical (unpaired) electrons. The molecule has 1 N–H and O–H groups in total. The van der Waals surface area contributed by atoms with Gasteiger partial charge < -0.3 is 15.1 Å². The van der Waals surface area contributed by atoms with Crippen LogP contribution in [0.1, 0.15) is 13.3 Å². The van der Waals surface area contributed by atoms with Crippen molar-refractivity contribution in [2.75, 3.05) is 59.9 Å². The van der Waals surface area contributed by atoms with Crippen LogP contribution in [0.25, 0.3) is 0 Å². The van der Waals surface area contributed by atoms with Crippen LogP contribution in [0.3, 0.4) is 0 Å². The van der Waals surface area contributed by atoms with Gasteiger partial charge in [-0.25, -0.2) is 0 Å². The molecule has 1 saturated heterocycles. The van der Waals surface area contributed by atoms with Crippen molar-refractivity contribution in [2.24, 2.45) is 0 Å². The molecule has 0 bridgehead atoms. The maximum atomic E-state index is 12.3. The third-order valence-corrected chi connectivity index (χ3v) is 3.24. The number of hydrogen-bond acceptors (Lipinski definition) is 4. The van der Waals surface area contributed by atoms with Crippen LogP contribution in [-0.2, 0) is 9.59 Å². The van der Waals surface area contributed by atoms with Gasteiger partial charge in [-0.2, -0.15) is 0 Å². The maximum Gasteiger partial charge on any atom is 0.241 e. The molecule has 1 aliphatic rings. The summed E-state index contributed by atoms with van der Waals surface area (Å²) in [5, 5.41) is 3.26. The van der Waals surface area contributed by atoms with Crippen LogP contribution < -0.4 is 5.32 Å². The lowest BCUT2D eigenvalue weighted by molar-refractivity contribution is -0.140. The molecule has 0 aromatic carbocycles. The highest BCUT2D eigenvalue weighted by Crippen LogP contribution is 1.99. The number of piperazine rings is 1. The smallest absolute Gasteiger partial charge is 0.241 e. The number of carbonyl (C=O) groups excluding carboxylic acids is 2. The number of rotatable bonds is 6. The topological polar surface area (TPSA) is 55.9 Å². The summed E-state index contributed by atoms with van der Waals surface area (Å²) in [4.78, 5) is 29.3. The molecule has 0 atom stereocenters. The van der Waals surface area contributed by atoms with Crippen molar-refractivity contribution in [1.29, 1.82) is 0 Å². The molecule has 1 heterocycles. The zero-order valence-electron chi connectivity index (χ0n) is 12.3. The van der Waals surface area contributed by atoms with Crippen LogP contribution in [0, 0.1) is 0 Å². The van der Waals surface area contributed by atoms with Gasteiger partial charge in [0.05, 0.1) is 13.1 Å². The minimum absolute atomic E-state index is 0.0258. The van der Waals surface area contributed by atoms with Gasteiger partial charge >= 0.3 is 0 Å². The van der Waals surface area contributed by atoms with E-state index in [1.165, 1.54) is 4.90 Å². The van der Waals surface area contributed by atoms with Gasteiger partial charge in [0.2, 0.25) is 11.8 Å². The molecule has 2 amide bonds. The third kappa shape index (κ3) is 5.57. The fraction of sp³-hybridized carbons (Fsp3) is 0.846. The van der Waals surface area contributed by atoms with Crippen LogP contribution in [-0.4, -0.2) is 86.4 Å². The molecule has 1 aliphatic heterocycles. The molecule has 0 aromatic rings. The molecule has 1 rings (SSSR count). The monoisotopic (exact) mass is 270 g/mol. The van der Waals surface area contributed by atoms with Gasteiger partial charge in [-0.1, -0.05) is 6.92 Å². The Balaban J connectivity index is 2.49. The molecule has 0 aliphatic carbocycles. The average molecular weight is 270 g/mol. The first-order valence-corrected chi connectivity index (χ1v) is 6.95. The van der Waals surface area contributed by atoms with E-state index in [-0.39, 0.29) is 18.4 Å². The third-order valence-electron chi connectivity index (χ3n) is 3.24. The van der Waals surface area contributed by atoms with E-state index in [4.69, 9.17) is 0 Å². The highest BCUT2D eigenvalue weighted by Gasteiger charge is 2.20. The van der Waals surface area contributed by atoms with E-state index in [1.54, 1.807) is 19.0 Å². The zero-order chi connectivity index (χ0) is 14.3. The molecule has 110 valence electrons. The molecule has 6 nitrogen and oxygen atoms in total. The Kier molecular flexibility index (Phi) is 6.80. The lowest BCUT2D eigenvalue weighted by Gasteiger charge is -2.30. The van der Waals surface area contributed by atoms with Crippen LogP contribution >= 0.6 is 0 Å². The second-order valence-electron chi connectivity index (χ2n) is 5.13. The first-order valence-electron chi connectivity index (χ1n) is 6.95. The lowest BCUT2D eigenvalue weighted by Crippen LogP contribution is -2.50. The fourth-order valence-corrected chi connectivity index (χ4v) is 2.03. The number of nitrogens with one attached hydrogen (secondary N) is 1. The number of hydrogen-bond donors (Lipinski definition) is 1. The summed E-state index contributed by atoms with van der Waals surface area (Å²) >= 11 is 0. The quantitative estimate of drug-likeness (QED) is 0.688. The Morgan fingerprint density at radius 1 is 1.16 bits per heavy atom. The zero-order valence-corrected chi connectivity index (χ0v) is 12.3. The van der Waals surface area contributed by atoms with Crippen molar-refractivity contribution in [1.82, 2.24) is 20.0 Å². The van der Waals surface area contributed by atoms with Crippen LogP contribution in [0.15, 0.2) is 0 Å². The molecule has 0 unspecified atom stereocenters. The van der Waals surface area contributed by atoms with Gasteiger partial charge in [0.25, 0.3) is 0 Å². The SMILES string of the molecule is CCCN(CC(=O)N(C)C)C(=O)CN1CCNCC1. The maximum absolute atomic E-state index is 12.3. The first kappa shape index (κ1) is 15.9. The standard InChI is InChI=1S/C13H26N4O2/c1-4-7-17(11-12(18)15(2)3)13(19)10-16-8-5-14-6-9-16/h14H,4-11H2,1-3H3. The van der Waals surface area contributed by atoms with E-state index < -0.39 is 0 Å². The van der Waals surface area contributed by atoms with E-state index in [9.17, 15) is 9.59 Å². The normalized spacial score (nSPS) is 16.2. The lowest BCUT2D eigenvalue weighted by atomic mass is 10.3. The highest BCUT2D eigenvalue weighted by atomic mass is 16.2. The minimum atomic E-state index is -0.0258. The predicted octanol–water partition coefficient (Wildman–Crippen LogP) is -0.782. The number of nitrogens with zero attached hydrogens (tertiary/aromatic N) is 3. The van der Waals surface area contributed by atoms with E-state index >= 15 is 0 Å². The van der Waals surface area contributed by atoms with Gasteiger partial charge in [0.15, 0.2) is 0 Å². The van der Waals surface area contributed by atoms with Crippen molar-refractivity contribution < 1.29 is 9.59 Å².